The summed E-state index contributed by atoms with van der Waals surface area (Å²) in [5.41, 5.74) is 1.47. The third kappa shape index (κ3) is 3.19. The summed E-state index contributed by atoms with van der Waals surface area (Å²) >= 11 is 0. The molecule has 1 aromatic carbocycles. The van der Waals surface area contributed by atoms with Gasteiger partial charge in [0.2, 0.25) is 0 Å². The van der Waals surface area contributed by atoms with E-state index in [0.717, 1.165) is 5.92 Å². The maximum atomic E-state index is 3.28. The Morgan fingerprint density at radius 1 is 1.15 bits per heavy atom. The molecule has 0 spiro atoms. The Labute approximate surface area is 81.2 Å². The summed E-state index contributed by atoms with van der Waals surface area (Å²) in [5, 5.41) is 3.28. The highest BCUT2D eigenvalue weighted by atomic mass is 14.9. The van der Waals surface area contributed by atoms with Crippen LogP contribution >= 0.6 is 0 Å². The Morgan fingerprint density at radius 2 is 1.77 bits per heavy atom. The van der Waals surface area contributed by atoms with E-state index in [0.29, 0.717) is 0 Å². The molecule has 0 bridgehead atoms. The van der Waals surface area contributed by atoms with Gasteiger partial charge in [0, 0.05) is 0 Å². The Morgan fingerprint density at radius 3 is 2.23 bits per heavy atom. The van der Waals surface area contributed by atoms with E-state index in [1.54, 1.807) is 0 Å². The van der Waals surface area contributed by atoms with Gasteiger partial charge in [0.25, 0.3) is 0 Å². The fourth-order valence-corrected chi connectivity index (χ4v) is 1.44. The van der Waals surface area contributed by atoms with Gasteiger partial charge >= 0.3 is 0 Å². The van der Waals surface area contributed by atoms with Crippen LogP contribution in [0.1, 0.15) is 19.4 Å². The molecule has 1 heteroatoms. The second kappa shape index (κ2) is 5.76. The highest BCUT2D eigenvalue weighted by molar-refractivity contribution is 5.15. The normalized spacial score (nSPS) is 15.5. The van der Waals surface area contributed by atoms with E-state index in [-0.39, 0.29) is 0 Å². The number of rotatable bonds is 2. The van der Waals surface area contributed by atoms with Crippen LogP contribution in [-0.4, -0.2) is 13.1 Å². The number of hydrogen-bond acceptors (Lipinski definition) is 1. The fraction of sp³-hybridized carbons (Fsp3) is 0.500. The Bertz CT molecular complexity index is 214. The summed E-state index contributed by atoms with van der Waals surface area (Å²) in [4.78, 5) is 0. The molecule has 2 rings (SSSR count). The van der Waals surface area contributed by atoms with Gasteiger partial charge in [0.05, 0.1) is 0 Å². The van der Waals surface area contributed by atoms with E-state index in [1.165, 1.54) is 25.1 Å². The minimum absolute atomic E-state index is 0.886. The number of nitrogens with one attached hydrogen (secondary N) is 1. The van der Waals surface area contributed by atoms with Gasteiger partial charge in [-0.25, -0.2) is 0 Å². The second-order valence-corrected chi connectivity index (χ2v) is 3.21. The van der Waals surface area contributed by atoms with Gasteiger partial charge in [-0.2, -0.15) is 0 Å². The van der Waals surface area contributed by atoms with Crippen molar-refractivity contribution in [3.05, 3.63) is 35.9 Å². The van der Waals surface area contributed by atoms with Gasteiger partial charge in [-0.15, -0.1) is 0 Å². The molecule has 1 heterocycles. The molecule has 1 fully saturated rings. The summed E-state index contributed by atoms with van der Waals surface area (Å²) in [5.74, 6) is 0.886. The Balaban J connectivity index is 0.000000396. The molecule has 1 N–H and O–H groups in total. The lowest BCUT2D eigenvalue weighted by molar-refractivity contribution is 0.346. The van der Waals surface area contributed by atoms with Crippen LogP contribution in [0.3, 0.4) is 0 Å². The van der Waals surface area contributed by atoms with E-state index < -0.39 is 0 Å². The molecule has 1 saturated heterocycles. The van der Waals surface area contributed by atoms with Crippen molar-refractivity contribution < 1.29 is 0 Å². The summed E-state index contributed by atoms with van der Waals surface area (Å²) in [6, 6.07) is 10.7. The van der Waals surface area contributed by atoms with Gasteiger partial charge in [-0.1, -0.05) is 44.2 Å². The van der Waals surface area contributed by atoms with E-state index >= 15 is 0 Å². The smallest absolute Gasteiger partial charge is 0.000506 e. The average Bonchev–Trinajstić information content (AvgIpc) is 2.17. The summed E-state index contributed by atoms with van der Waals surface area (Å²) in [6.07, 6.45) is 1.24. The van der Waals surface area contributed by atoms with Crippen molar-refractivity contribution in [2.45, 2.75) is 20.3 Å². The maximum absolute atomic E-state index is 3.28. The summed E-state index contributed by atoms with van der Waals surface area (Å²) in [7, 11) is 0. The van der Waals surface area contributed by atoms with Gasteiger partial charge in [-0.05, 0) is 31.0 Å². The first-order chi connectivity index (χ1) is 6.45. The molecule has 0 unspecified atom stereocenters. The van der Waals surface area contributed by atoms with Crippen molar-refractivity contribution in [2.24, 2.45) is 5.92 Å². The van der Waals surface area contributed by atoms with Crippen LogP contribution in [-0.2, 0) is 6.42 Å². The van der Waals surface area contributed by atoms with Crippen LogP contribution in [0.5, 0.6) is 0 Å². The maximum Gasteiger partial charge on any atom is -0.000506 e. The SMILES string of the molecule is CC.c1ccc(CC2CNC2)cc1. The molecule has 1 aliphatic rings. The number of benzene rings is 1. The van der Waals surface area contributed by atoms with Crippen molar-refractivity contribution >= 4 is 0 Å². The fourth-order valence-electron chi connectivity index (χ4n) is 1.44. The average molecular weight is 177 g/mol. The van der Waals surface area contributed by atoms with Crippen LogP contribution in [0.15, 0.2) is 30.3 Å². The van der Waals surface area contributed by atoms with E-state index in [1.807, 2.05) is 13.8 Å². The first kappa shape index (κ1) is 10.3. The lowest BCUT2D eigenvalue weighted by Gasteiger charge is -2.26. The third-order valence-electron chi connectivity index (χ3n) is 2.23. The molecule has 1 nitrogen and oxygen atoms in total. The minimum Gasteiger partial charge on any atom is -0.316 e. The zero-order valence-corrected chi connectivity index (χ0v) is 8.59. The molecule has 1 aromatic rings. The van der Waals surface area contributed by atoms with E-state index in [2.05, 4.69) is 35.6 Å². The summed E-state index contributed by atoms with van der Waals surface area (Å²) < 4.78 is 0. The van der Waals surface area contributed by atoms with Gasteiger partial charge in [0.15, 0.2) is 0 Å². The van der Waals surface area contributed by atoms with Crippen LogP contribution in [0, 0.1) is 5.92 Å². The van der Waals surface area contributed by atoms with Crippen LogP contribution in [0.4, 0.5) is 0 Å². The largest absolute Gasteiger partial charge is 0.316 e. The molecule has 0 saturated carbocycles. The van der Waals surface area contributed by atoms with Crippen molar-refractivity contribution in [1.29, 1.82) is 0 Å². The molecule has 1 aliphatic heterocycles. The molecular weight excluding hydrogens is 158 g/mol. The van der Waals surface area contributed by atoms with Gasteiger partial charge in [0.1, 0.15) is 0 Å². The zero-order valence-electron chi connectivity index (χ0n) is 8.59. The second-order valence-electron chi connectivity index (χ2n) is 3.21. The van der Waals surface area contributed by atoms with Crippen molar-refractivity contribution in [2.75, 3.05) is 13.1 Å². The third-order valence-corrected chi connectivity index (χ3v) is 2.23. The molecule has 0 aromatic heterocycles. The Hall–Kier alpha value is -0.820. The predicted molar refractivity (Wildman–Crippen MR) is 57.9 cm³/mol. The van der Waals surface area contributed by atoms with Crippen LogP contribution in [0.2, 0.25) is 0 Å². The standard InChI is InChI=1S/C10H13N.C2H6/c1-2-4-9(5-3-1)6-10-7-11-8-10;1-2/h1-5,10-11H,6-8H2;1-2H3. The molecule has 0 aliphatic carbocycles. The van der Waals surface area contributed by atoms with E-state index in [9.17, 15) is 0 Å². The highest BCUT2D eigenvalue weighted by Crippen LogP contribution is 2.11. The van der Waals surface area contributed by atoms with Crippen LogP contribution < -0.4 is 5.32 Å². The van der Waals surface area contributed by atoms with Crippen LogP contribution in [0.25, 0.3) is 0 Å². The molecule has 72 valence electrons. The van der Waals surface area contributed by atoms with Crippen molar-refractivity contribution in [1.82, 2.24) is 5.32 Å². The van der Waals surface area contributed by atoms with Gasteiger partial charge < -0.3 is 5.32 Å². The lowest BCUT2D eigenvalue weighted by atomic mass is 9.95. The topological polar surface area (TPSA) is 12.0 Å². The number of hydrogen-bond donors (Lipinski definition) is 1. The summed E-state index contributed by atoms with van der Waals surface area (Å²) in [6.45, 7) is 6.41. The molecule has 0 radical (unpaired) electrons. The minimum atomic E-state index is 0.886. The van der Waals surface area contributed by atoms with E-state index in [4.69, 9.17) is 0 Å². The lowest BCUT2D eigenvalue weighted by Crippen LogP contribution is -2.43. The zero-order chi connectivity index (χ0) is 9.52. The molecular formula is C12H19N. The highest BCUT2D eigenvalue weighted by Gasteiger charge is 2.16. The predicted octanol–water partition coefficient (Wildman–Crippen LogP) is 2.47. The molecule has 13 heavy (non-hydrogen) atoms. The molecule has 0 amide bonds. The first-order valence-corrected chi connectivity index (χ1v) is 5.20. The molecule has 0 atom stereocenters. The Kier molecular flexibility index (Phi) is 4.55. The quantitative estimate of drug-likeness (QED) is 0.731. The van der Waals surface area contributed by atoms with Crippen molar-refractivity contribution in [3.63, 3.8) is 0 Å². The first-order valence-electron chi connectivity index (χ1n) is 5.20. The van der Waals surface area contributed by atoms with Gasteiger partial charge in [-0.3, -0.25) is 0 Å². The van der Waals surface area contributed by atoms with Crippen molar-refractivity contribution in [3.8, 4) is 0 Å². The monoisotopic (exact) mass is 177 g/mol.